The van der Waals surface area contributed by atoms with Crippen molar-refractivity contribution in [2.24, 2.45) is 0 Å². The minimum absolute atomic E-state index is 0.646. The maximum Gasteiger partial charge on any atom is 0.164 e. The van der Waals surface area contributed by atoms with Crippen molar-refractivity contribution in [1.82, 2.24) is 24.9 Å². The molecule has 0 N–H and O–H groups in total. The Morgan fingerprint density at radius 3 is 1.67 bits per heavy atom. The van der Waals surface area contributed by atoms with Gasteiger partial charge in [0.1, 0.15) is 0 Å². The van der Waals surface area contributed by atoms with Gasteiger partial charge in [0.2, 0.25) is 0 Å². The summed E-state index contributed by atoms with van der Waals surface area (Å²) in [5, 5.41) is 0. The van der Waals surface area contributed by atoms with Crippen molar-refractivity contribution < 1.29 is 0 Å². The summed E-state index contributed by atoms with van der Waals surface area (Å²) in [5.41, 5.74) is 12.4. The highest BCUT2D eigenvalue weighted by atomic mass is 15.0. The first-order valence-corrected chi connectivity index (χ1v) is 16.6. The van der Waals surface area contributed by atoms with Crippen LogP contribution in [0.15, 0.2) is 158 Å². The molecule has 5 heteroatoms. The van der Waals surface area contributed by atoms with Crippen molar-refractivity contribution in [3.05, 3.63) is 169 Å². The zero-order chi connectivity index (χ0) is 33.0. The van der Waals surface area contributed by atoms with Crippen molar-refractivity contribution >= 4 is 5.57 Å². The van der Waals surface area contributed by atoms with Crippen molar-refractivity contribution in [3.63, 3.8) is 0 Å². The highest BCUT2D eigenvalue weighted by Gasteiger charge is 2.16. The Morgan fingerprint density at radius 1 is 0.449 bits per heavy atom. The van der Waals surface area contributed by atoms with Gasteiger partial charge in [0.05, 0.1) is 11.4 Å². The van der Waals surface area contributed by atoms with Gasteiger partial charge in [-0.15, -0.1) is 0 Å². The van der Waals surface area contributed by atoms with Crippen LogP contribution in [0.3, 0.4) is 0 Å². The summed E-state index contributed by atoms with van der Waals surface area (Å²) < 4.78 is 0. The predicted molar refractivity (Wildman–Crippen MR) is 199 cm³/mol. The third-order valence-electron chi connectivity index (χ3n) is 8.74. The Morgan fingerprint density at radius 2 is 1.04 bits per heavy atom. The molecule has 8 rings (SSSR count). The number of benzene rings is 4. The van der Waals surface area contributed by atoms with Crippen LogP contribution in [0.2, 0.25) is 0 Å². The molecular formula is C44H33N5. The molecule has 0 atom stereocenters. The molecule has 234 valence electrons. The molecule has 49 heavy (non-hydrogen) atoms. The fourth-order valence-electron chi connectivity index (χ4n) is 6.15. The lowest BCUT2D eigenvalue weighted by Crippen LogP contribution is -2.04. The van der Waals surface area contributed by atoms with E-state index in [1.54, 1.807) is 0 Å². The number of rotatable bonds is 7. The number of hydrogen-bond acceptors (Lipinski definition) is 5. The monoisotopic (exact) mass is 631 g/mol. The molecule has 0 aliphatic heterocycles. The fraction of sp³-hybridized carbons (Fsp3) is 0.0682. The van der Waals surface area contributed by atoms with Crippen molar-refractivity contribution in [2.45, 2.75) is 19.8 Å². The molecule has 0 spiro atoms. The van der Waals surface area contributed by atoms with Crippen LogP contribution >= 0.6 is 0 Å². The van der Waals surface area contributed by atoms with Gasteiger partial charge in [0, 0.05) is 34.1 Å². The van der Waals surface area contributed by atoms with Crippen LogP contribution in [0.25, 0.3) is 73.1 Å². The Bertz CT molecular complexity index is 2310. The molecule has 0 fully saturated rings. The minimum Gasteiger partial charge on any atom is -0.256 e. The van der Waals surface area contributed by atoms with Crippen LogP contribution in [0.5, 0.6) is 0 Å². The molecule has 0 saturated carbocycles. The molecule has 0 radical (unpaired) electrons. The average molecular weight is 632 g/mol. The van der Waals surface area contributed by atoms with Gasteiger partial charge in [-0.05, 0) is 90.1 Å². The van der Waals surface area contributed by atoms with E-state index in [0.29, 0.717) is 11.6 Å². The third kappa shape index (κ3) is 6.60. The van der Waals surface area contributed by atoms with Crippen LogP contribution < -0.4 is 0 Å². The molecule has 0 unspecified atom stereocenters. The predicted octanol–water partition coefficient (Wildman–Crippen LogP) is 10.7. The molecule has 0 bridgehead atoms. The Balaban J connectivity index is 1.27. The number of hydrogen-bond donors (Lipinski definition) is 0. The molecular weight excluding hydrogens is 599 g/mol. The highest BCUT2D eigenvalue weighted by molar-refractivity contribution is 5.82. The number of nitrogens with zero attached hydrogens (tertiary/aromatic N) is 5. The van der Waals surface area contributed by atoms with E-state index in [-0.39, 0.29) is 0 Å². The van der Waals surface area contributed by atoms with E-state index in [4.69, 9.17) is 19.9 Å². The summed E-state index contributed by atoms with van der Waals surface area (Å²) in [5.74, 6) is 2.03. The smallest absolute Gasteiger partial charge is 0.164 e. The van der Waals surface area contributed by atoms with Gasteiger partial charge in [-0.25, -0.2) is 15.0 Å². The number of aromatic nitrogens is 5. The van der Waals surface area contributed by atoms with Gasteiger partial charge in [0.25, 0.3) is 0 Å². The van der Waals surface area contributed by atoms with E-state index < -0.39 is 0 Å². The number of pyridine rings is 2. The van der Waals surface area contributed by atoms with Crippen LogP contribution in [0.4, 0.5) is 0 Å². The van der Waals surface area contributed by atoms with E-state index in [0.717, 1.165) is 85.8 Å². The molecule has 7 aromatic rings. The lowest BCUT2D eigenvalue weighted by molar-refractivity contribution is 0.978. The van der Waals surface area contributed by atoms with Crippen LogP contribution in [-0.2, 0) is 0 Å². The van der Waals surface area contributed by atoms with E-state index in [1.807, 2.05) is 73.8 Å². The summed E-state index contributed by atoms with van der Waals surface area (Å²) in [7, 11) is 0. The highest BCUT2D eigenvalue weighted by Crippen LogP contribution is 2.35. The quantitative estimate of drug-likeness (QED) is 0.175. The van der Waals surface area contributed by atoms with E-state index in [2.05, 4.69) is 96.0 Å². The molecule has 5 nitrogen and oxygen atoms in total. The fourth-order valence-corrected chi connectivity index (χ4v) is 6.15. The summed E-state index contributed by atoms with van der Waals surface area (Å²) in [4.78, 5) is 24.4. The maximum atomic E-state index is 5.10. The third-order valence-corrected chi connectivity index (χ3v) is 8.74. The van der Waals surface area contributed by atoms with Crippen LogP contribution in [0.1, 0.15) is 24.4 Å². The molecule has 1 aliphatic carbocycles. The van der Waals surface area contributed by atoms with Gasteiger partial charge in [-0.1, -0.05) is 109 Å². The molecule has 3 heterocycles. The first-order chi connectivity index (χ1) is 24.2. The SMILES string of the molecule is Cc1cccc(-c2ccc(-c3cc(-c4ccc(-c5ccccn5)cc4)cc(-c4nc(C5=CC=CCC5)nc(-c5ccccc5)n4)c3)cc2)n1. The normalized spacial score (nSPS) is 12.5. The lowest BCUT2D eigenvalue weighted by atomic mass is 9.94. The maximum absolute atomic E-state index is 5.10. The molecule has 0 saturated heterocycles. The standard InChI is InChI=1S/C44H33N5/c1-30-11-10-17-41(46-30)34-24-20-32(21-25-34)38-27-37(31-18-22-33(23-19-31)40-16-8-9-26-45-40)28-39(29-38)44-48-42(35-12-4-2-5-13-35)47-43(49-44)36-14-6-3-7-15-36/h2-6,8-14,16-29H,7,15H2,1H3. The summed E-state index contributed by atoms with van der Waals surface area (Å²) in [6.45, 7) is 2.02. The van der Waals surface area contributed by atoms with Gasteiger partial charge in [0.15, 0.2) is 17.5 Å². The first-order valence-electron chi connectivity index (χ1n) is 16.6. The second-order valence-corrected chi connectivity index (χ2v) is 12.2. The van der Waals surface area contributed by atoms with Crippen LogP contribution in [-0.4, -0.2) is 24.9 Å². The second-order valence-electron chi connectivity index (χ2n) is 12.2. The van der Waals surface area contributed by atoms with Gasteiger partial charge >= 0.3 is 0 Å². The first kappa shape index (κ1) is 30.0. The minimum atomic E-state index is 0.646. The zero-order valence-electron chi connectivity index (χ0n) is 27.2. The van der Waals surface area contributed by atoms with Crippen molar-refractivity contribution in [2.75, 3.05) is 0 Å². The Labute approximate surface area is 286 Å². The van der Waals surface area contributed by atoms with E-state index >= 15 is 0 Å². The zero-order valence-corrected chi connectivity index (χ0v) is 27.2. The summed E-state index contributed by atoms with van der Waals surface area (Å²) >= 11 is 0. The number of aryl methyl sites for hydroxylation is 1. The van der Waals surface area contributed by atoms with E-state index in [1.165, 1.54) is 0 Å². The average Bonchev–Trinajstić information content (AvgIpc) is 3.19. The lowest BCUT2D eigenvalue weighted by Gasteiger charge is -2.14. The molecule has 4 aromatic carbocycles. The largest absolute Gasteiger partial charge is 0.256 e. The van der Waals surface area contributed by atoms with Gasteiger partial charge < -0.3 is 0 Å². The molecule has 0 amide bonds. The Hall–Kier alpha value is -6.33. The van der Waals surface area contributed by atoms with E-state index in [9.17, 15) is 0 Å². The molecule has 3 aromatic heterocycles. The van der Waals surface area contributed by atoms with Gasteiger partial charge in [-0.2, -0.15) is 0 Å². The van der Waals surface area contributed by atoms with Crippen molar-refractivity contribution in [3.8, 4) is 67.5 Å². The summed E-state index contributed by atoms with van der Waals surface area (Å²) in [6, 6.07) is 46.1. The topological polar surface area (TPSA) is 64.5 Å². The van der Waals surface area contributed by atoms with Gasteiger partial charge in [-0.3, -0.25) is 9.97 Å². The Kier molecular flexibility index (Phi) is 8.22. The second kappa shape index (κ2) is 13.4. The number of allylic oxidation sites excluding steroid dienone is 4. The molecule has 1 aliphatic rings. The summed E-state index contributed by atoms with van der Waals surface area (Å²) in [6.07, 6.45) is 10.1. The van der Waals surface area contributed by atoms with Crippen LogP contribution in [0, 0.1) is 6.92 Å². The van der Waals surface area contributed by atoms with Crippen molar-refractivity contribution in [1.29, 1.82) is 0 Å².